The quantitative estimate of drug-likeness (QED) is 0.0265. The number of methoxy groups -OCH3 is 1. The van der Waals surface area contributed by atoms with Crippen molar-refractivity contribution in [3.63, 3.8) is 0 Å². The Labute approximate surface area is 610 Å². The van der Waals surface area contributed by atoms with Gasteiger partial charge in [0.1, 0.15) is 45.2 Å². The van der Waals surface area contributed by atoms with Gasteiger partial charge in [0.25, 0.3) is 11.8 Å². The van der Waals surface area contributed by atoms with E-state index in [1.165, 1.54) is 49.3 Å². The number of halogens is 11. The molecule has 0 radical (unpaired) electrons. The van der Waals surface area contributed by atoms with Crippen molar-refractivity contribution >= 4 is 109 Å². The molecule has 28 heteroatoms. The van der Waals surface area contributed by atoms with Crippen molar-refractivity contribution in [2.45, 2.75) is 89.9 Å². The van der Waals surface area contributed by atoms with Crippen molar-refractivity contribution in [3.8, 4) is 44.8 Å². The molecular formula is C76H63Cl3F8N10O6S. The lowest BCUT2D eigenvalue weighted by atomic mass is 9.97. The Kier molecular flexibility index (Phi) is 26.9. The smallest absolute Gasteiger partial charge is 0.416 e. The topological polar surface area (TPSA) is 234 Å². The molecule has 11 rings (SSSR count). The number of benzene rings is 6. The highest BCUT2D eigenvalue weighted by Gasteiger charge is 2.33. The van der Waals surface area contributed by atoms with Gasteiger partial charge >= 0.3 is 18.3 Å². The molecule has 5 heterocycles. The monoisotopic (exact) mass is 1500 g/mol. The van der Waals surface area contributed by atoms with Gasteiger partial charge in [0.15, 0.2) is 5.82 Å². The van der Waals surface area contributed by atoms with E-state index in [2.05, 4.69) is 64.1 Å². The van der Waals surface area contributed by atoms with Crippen LogP contribution in [0.3, 0.4) is 0 Å². The third-order valence-corrected chi connectivity index (χ3v) is 17.8. The number of fused-ring (bicyclic) bond motifs is 1. The molecule has 536 valence electrons. The third kappa shape index (κ3) is 21.3. The van der Waals surface area contributed by atoms with Gasteiger partial charge in [0.05, 0.1) is 81.0 Å². The summed E-state index contributed by atoms with van der Waals surface area (Å²) in [5, 5.41) is 12.7. The summed E-state index contributed by atoms with van der Waals surface area (Å²) in [7, 11) is 1.30. The molecule has 3 amide bonds. The first-order valence-electron chi connectivity index (χ1n) is 32.1. The van der Waals surface area contributed by atoms with Crippen molar-refractivity contribution in [1.82, 2.24) is 29.9 Å². The predicted molar refractivity (Wildman–Crippen MR) is 387 cm³/mol. The Hall–Kier alpha value is -10.6. The number of alkyl halides is 6. The lowest BCUT2D eigenvalue weighted by Crippen LogP contribution is -2.16. The number of carbonyl (C=O) groups excluding carboxylic acids is 5. The molecule has 0 atom stereocenters. The minimum atomic E-state index is -4.53. The van der Waals surface area contributed by atoms with E-state index in [1.807, 2.05) is 31.2 Å². The number of thiophene rings is 1. The Morgan fingerprint density at radius 2 is 1.01 bits per heavy atom. The number of anilines is 4. The lowest BCUT2D eigenvalue weighted by molar-refractivity contribution is -0.138. The molecule has 104 heavy (non-hydrogen) atoms. The molecule has 0 spiro atoms. The standard InChI is InChI=1S/C35H33Cl2F6N5O2.C23H16F2N2O.C18H14ClN3O3S/c36-28-13-11-22(34(38,39)40)15-26(28)30-19-44-24(18-45-30)17-25(49)9-7-5-3-1-2-4-6-8-10-33(50)48-32-21-46-31(20-47-32)27-16-23(35(41,42)43)12-14-29(27)37;1-14-11-15-5-2-3-6-16(15)12-18(14)17-9-10-21(26-13-17)27-23(28)22-19(24)7-4-8-20(22)25;1-25-18(24)15-12(9-26-16(15)20)10-6-7-14(21-8-10)22-17(23)11-4-2-3-5-13(11)19/h11-16,18-21H,1-10,17H2,(H,47,48,50);2-13H,1H3,(H,26,27,28);2-9H,20H2,1H3,(H,21,22,23). The predicted octanol–water partition coefficient (Wildman–Crippen LogP) is 20.4. The van der Waals surface area contributed by atoms with Gasteiger partial charge in [-0.1, -0.05) is 122 Å². The summed E-state index contributed by atoms with van der Waals surface area (Å²) >= 11 is 19.4. The van der Waals surface area contributed by atoms with Crippen LogP contribution in [0.4, 0.5) is 57.6 Å². The Morgan fingerprint density at radius 3 is 1.54 bits per heavy atom. The van der Waals surface area contributed by atoms with Gasteiger partial charge in [-0.15, -0.1) is 11.3 Å². The number of nitrogens with one attached hydrogen (secondary N) is 3. The molecule has 0 aliphatic rings. The average molecular weight is 1500 g/mol. The number of carbonyl (C=O) groups is 5. The number of ketones is 1. The molecule has 5 aromatic heterocycles. The molecule has 0 unspecified atom stereocenters. The van der Waals surface area contributed by atoms with Crippen molar-refractivity contribution in [2.75, 3.05) is 28.8 Å². The number of nitrogens with two attached hydrogens (primary N) is 1. The molecule has 0 saturated carbocycles. The number of nitrogens with zero attached hydrogens (tertiary/aromatic N) is 6. The van der Waals surface area contributed by atoms with Gasteiger partial charge < -0.3 is 26.4 Å². The summed E-state index contributed by atoms with van der Waals surface area (Å²) in [6.45, 7) is 2.03. The summed E-state index contributed by atoms with van der Waals surface area (Å²) < 4.78 is 111. The van der Waals surface area contributed by atoms with Crippen LogP contribution in [0, 0.1) is 18.6 Å². The van der Waals surface area contributed by atoms with Crippen LogP contribution in [0.1, 0.15) is 118 Å². The number of Topliss-reactive ketones (excluding diaryl/α,β-unsaturated/α-hetero) is 1. The number of esters is 1. The number of unbranched alkanes of at least 4 members (excludes halogenated alkanes) is 7. The van der Waals surface area contributed by atoms with Crippen molar-refractivity contribution < 1.29 is 63.8 Å². The van der Waals surface area contributed by atoms with Gasteiger partial charge in [-0.25, -0.2) is 28.5 Å². The van der Waals surface area contributed by atoms with Gasteiger partial charge in [-0.3, -0.25) is 34.1 Å². The molecule has 0 saturated heterocycles. The normalized spacial score (nSPS) is 11.2. The molecule has 0 fully saturated rings. The Bertz CT molecular complexity index is 4710. The molecule has 0 aliphatic carbocycles. The molecular weight excluding hydrogens is 1440 g/mol. The van der Waals surface area contributed by atoms with Crippen LogP contribution in [0.2, 0.25) is 15.1 Å². The van der Waals surface area contributed by atoms with E-state index in [4.69, 9.17) is 45.3 Å². The number of ether oxygens (including phenoxy) is 1. The second kappa shape index (κ2) is 36.0. The third-order valence-electron chi connectivity index (χ3n) is 16.0. The van der Waals surface area contributed by atoms with Crippen LogP contribution in [0.15, 0.2) is 182 Å². The van der Waals surface area contributed by atoms with Crippen molar-refractivity contribution in [3.05, 3.63) is 248 Å². The largest absolute Gasteiger partial charge is 0.465 e. The van der Waals surface area contributed by atoms with Gasteiger partial charge in [-0.05, 0) is 133 Å². The zero-order valence-electron chi connectivity index (χ0n) is 55.4. The second-order valence-electron chi connectivity index (χ2n) is 23.4. The molecule has 0 bridgehead atoms. The fraction of sp³-hybridized carbons (Fsp3) is 0.197. The number of aryl methyl sites for hydroxylation is 1. The van der Waals surface area contributed by atoms with Crippen molar-refractivity contribution in [2.24, 2.45) is 0 Å². The first-order chi connectivity index (χ1) is 49.7. The van der Waals surface area contributed by atoms with E-state index >= 15 is 0 Å². The number of amides is 3. The molecule has 6 aromatic carbocycles. The highest BCUT2D eigenvalue weighted by atomic mass is 35.5. The number of hydrogen-bond donors (Lipinski definition) is 4. The first-order valence-corrected chi connectivity index (χ1v) is 34.1. The van der Waals surface area contributed by atoms with Gasteiger partial charge in [0, 0.05) is 64.6 Å². The summed E-state index contributed by atoms with van der Waals surface area (Å²) in [5.74, 6) is -3.04. The highest BCUT2D eigenvalue weighted by molar-refractivity contribution is 7.15. The second-order valence-corrected chi connectivity index (χ2v) is 25.5. The van der Waals surface area contributed by atoms with Crippen LogP contribution in [0.25, 0.3) is 55.5 Å². The summed E-state index contributed by atoms with van der Waals surface area (Å²) in [6, 6.07) is 35.1. The van der Waals surface area contributed by atoms with Crippen LogP contribution in [0.5, 0.6) is 0 Å². The fourth-order valence-corrected chi connectivity index (χ4v) is 12.1. The minimum absolute atomic E-state index is 0.00414. The SMILES string of the molecule is COC(=O)c1c(-c2ccc(NC(=O)c3ccccc3Cl)nc2)csc1N.Cc1cc2ccccc2cc1-c1ccc(NC(=O)c2c(F)cccc2F)nc1.O=C(CCCCCCCCCCC(=O)Nc1cnc(-c2cc(C(F)(F)F)ccc2Cl)cn1)Cc1cnc(-c2cc(C(F)(F)F)ccc2Cl)cn1. The zero-order valence-corrected chi connectivity index (χ0v) is 58.5. The maximum absolute atomic E-state index is 13.7. The van der Waals surface area contributed by atoms with Crippen LogP contribution in [-0.4, -0.2) is 66.5 Å². The minimum Gasteiger partial charge on any atom is -0.465 e. The number of pyridine rings is 2. The summed E-state index contributed by atoms with van der Waals surface area (Å²) in [6.07, 6.45) is 7.24. The lowest BCUT2D eigenvalue weighted by Gasteiger charge is -2.10. The highest BCUT2D eigenvalue weighted by Crippen LogP contribution is 2.39. The molecule has 16 nitrogen and oxygen atoms in total. The van der Waals surface area contributed by atoms with E-state index in [0.717, 1.165) is 121 Å². The average Bonchev–Trinajstić information content (AvgIpc) is 1.18. The van der Waals surface area contributed by atoms with Crippen LogP contribution in [-0.2, 0) is 33.1 Å². The number of rotatable bonds is 23. The van der Waals surface area contributed by atoms with Crippen LogP contribution >= 0.6 is 46.1 Å². The number of nitrogen functional groups attached to an aromatic ring is 1. The Balaban J connectivity index is 0.000000196. The Morgan fingerprint density at radius 1 is 0.490 bits per heavy atom. The van der Waals surface area contributed by atoms with E-state index < -0.39 is 52.6 Å². The number of hydrogen-bond acceptors (Lipinski definition) is 14. The maximum Gasteiger partial charge on any atom is 0.416 e. The fourth-order valence-electron chi connectivity index (χ4n) is 10.6. The number of aromatic nitrogens is 6. The van der Waals surface area contributed by atoms with E-state index in [1.54, 1.807) is 60.2 Å². The maximum atomic E-state index is 13.7. The molecule has 5 N–H and O–H groups in total. The zero-order chi connectivity index (χ0) is 74.7. The molecule has 0 aliphatic heterocycles. The van der Waals surface area contributed by atoms with E-state index in [0.29, 0.717) is 56.6 Å². The van der Waals surface area contributed by atoms with E-state index in [-0.39, 0.29) is 74.6 Å². The van der Waals surface area contributed by atoms with Crippen molar-refractivity contribution in [1.29, 1.82) is 0 Å². The first kappa shape index (κ1) is 77.6. The van der Waals surface area contributed by atoms with E-state index in [9.17, 15) is 59.1 Å². The summed E-state index contributed by atoms with van der Waals surface area (Å²) in [5.41, 5.74) is 9.51. The molecule has 11 aromatic rings. The van der Waals surface area contributed by atoms with Gasteiger partial charge in [0.2, 0.25) is 5.91 Å². The van der Waals surface area contributed by atoms with Crippen LogP contribution < -0.4 is 21.7 Å². The summed E-state index contributed by atoms with van der Waals surface area (Å²) in [4.78, 5) is 86.0. The van der Waals surface area contributed by atoms with Gasteiger partial charge in [-0.2, -0.15) is 26.3 Å².